The third-order valence-electron chi connectivity index (χ3n) is 3.58. The van der Waals surface area contributed by atoms with Crippen molar-refractivity contribution >= 4 is 0 Å². The summed E-state index contributed by atoms with van der Waals surface area (Å²) < 4.78 is 16.6. The number of benzene rings is 1. The van der Waals surface area contributed by atoms with Crippen LogP contribution in [0, 0.1) is 0 Å². The molecule has 22 heavy (non-hydrogen) atoms. The Labute approximate surface area is 130 Å². The van der Waals surface area contributed by atoms with Crippen molar-refractivity contribution in [2.24, 2.45) is 0 Å². The molecule has 3 rings (SSSR count). The van der Waals surface area contributed by atoms with E-state index < -0.39 is 0 Å². The van der Waals surface area contributed by atoms with Gasteiger partial charge in [-0.15, -0.1) is 0 Å². The number of pyridine rings is 1. The first-order valence-corrected chi connectivity index (χ1v) is 7.40. The fraction of sp³-hybridized carbons (Fsp3) is 0.353. The van der Waals surface area contributed by atoms with Crippen molar-refractivity contribution in [3.05, 3.63) is 42.7 Å². The zero-order chi connectivity index (χ0) is 15.2. The second-order valence-electron chi connectivity index (χ2n) is 5.15. The van der Waals surface area contributed by atoms with Crippen molar-refractivity contribution in [1.82, 2.24) is 10.3 Å². The van der Waals surface area contributed by atoms with Gasteiger partial charge in [-0.1, -0.05) is 12.1 Å². The molecule has 1 atom stereocenters. The molecule has 2 aromatic rings. The molecule has 0 spiro atoms. The van der Waals surface area contributed by atoms with E-state index in [-0.39, 0.29) is 6.10 Å². The van der Waals surface area contributed by atoms with E-state index in [0.717, 1.165) is 42.3 Å². The zero-order valence-electron chi connectivity index (χ0n) is 12.6. The van der Waals surface area contributed by atoms with E-state index in [4.69, 9.17) is 14.2 Å². The first-order chi connectivity index (χ1) is 10.8. The summed E-state index contributed by atoms with van der Waals surface area (Å²) in [7, 11) is 1.66. The Bertz CT molecular complexity index is 595. The number of nitrogens with zero attached hydrogens (tertiary/aromatic N) is 1. The maximum atomic E-state index is 5.80. The van der Waals surface area contributed by atoms with Crippen molar-refractivity contribution in [3.8, 4) is 22.6 Å². The lowest BCUT2D eigenvalue weighted by atomic mass is 10.1. The summed E-state index contributed by atoms with van der Waals surface area (Å²) in [6.45, 7) is 3.00. The molecule has 1 aliphatic rings. The van der Waals surface area contributed by atoms with E-state index in [9.17, 15) is 0 Å². The van der Waals surface area contributed by atoms with Crippen LogP contribution in [0.2, 0.25) is 0 Å². The standard InChI is InChI=1S/C17H20N2O3/c1-20-15-4-2-13(3-5-15)14-8-16(10-19-9-14)22-12-17-11-18-6-7-21-17/h2-5,8-10,17-18H,6-7,11-12H2,1H3. The second kappa shape index (κ2) is 7.24. The number of morpholine rings is 1. The summed E-state index contributed by atoms with van der Waals surface area (Å²) in [4.78, 5) is 4.25. The molecule has 5 nitrogen and oxygen atoms in total. The molecule has 1 aromatic heterocycles. The smallest absolute Gasteiger partial charge is 0.138 e. The van der Waals surface area contributed by atoms with Gasteiger partial charge in [0.15, 0.2) is 0 Å². The molecule has 0 radical (unpaired) electrons. The lowest BCUT2D eigenvalue weighted by Crippen LogP contribution is -2.41. The Morgan fingerprint density at radius 1 is 1.18 bits per heavy atom. The van der Waals surface area contributed by atoms with Crippen LogP contribution in [0.15, 0.2) is 42.7 Å². The van der Waals surface area contributed by atoms with E-state index in [0.29, 0.717) is 6.61 Å². The molecule has 0 aliphatic carbocycles. The maximum Gasteiger partial charge on any atom is 0.138 e. The first-order valence-electron chi connectivity index (χ1n) is 7.40. The SMILES string of the molecule is COc1ccc(-c2cncc(OCC3CNCCO3)c2)cc1. The number of hydrogen-bond acceptors (Lipinski definition) is 5. The molecule has 0 bridgehead atoms. The van der Waals surface area contributed by atoms with Gasteiger partial charge in [-0.25, -0.2) is 0 Å². The summed E-state index contributed by atoms with van der Waals surface area (Å²) in [6.07, 6.45) is 3.65. The number of nitrogens with one attached hydrogen (secondary N) is 1. The highest BCUT2D eigenvalue weighted by Crippen LogP contribution is 2.24. The minimum atomic E-state index is 0.0957. The quantitative estimate of drug-likeness (QED) is 0.916. The van der Waals surface area contributed by atoms with Gasteiger partial charge in [-0.2, -0.15) is 0 Å². The minimum absolute atomic E-state index is 0.0957. The van der Waals surface area contributed by atoms with Crippen molar-refractivity contribution in [2.45, 2.75) is 6.10 Å². The number of methoxy groups -OCH3 is 1. The highest BCUT2D eigenvalue weighted by Gasteiger charge is 2.14. The number of hydrogen-bond donors (Lipinski definition) is 1. The molecular weight excluding hydrogens is 280 g/mol. The molecule has 0 amide bonds. The molecular formula is C17H20N2O3. The normalized spacial score (nSPS) is 18.0. The van der Waals surface area contributed by atoms with Gasteiger partial charge < -0.3 is 19.5 Å². The Hall–Kier alpha value is -2.11. The van der Waals surface area contributed by atoms with Gasteiger partial charge in [-0.05, 0) is 23.8 Å². The first kappa shape index (κ1) is 14.8. The number of aromatic nitrogens is 1. The molecule has 1 fully saturated rings. The van der Waals surface area contributed by atoms with Crippen LogP contribution in [-0.4, -0.2) is 44.5 Å². The average molecular weight is 300 g/mol. The fourth-order valence-electron chi connectivity index (χ4n) is 2.36. The monoisotopic (exact) mass is 300 g/mol. The summed E-state index contributed by atoms with van der Waals surface area (Å²) in [5.74, 6) is 1.59. The summed E-state index contributed by atoms with van der Waals surface area (Å²) in [6, 6.07) is 9.88. The van der Waals surface area contributed by atoms with E-state index in [1.807, 2.05) is 36.5 Å². The second-order valence-corrected chi connectivity index (χ2v) is 5.15. The molecule has 1 aromatic carbocycles. The largest absolute Gasteiger partial charge is 0.497 e. The van der Waals surface area contributed by atoms with Gasteiger partial charge in [0.2, 0.25) is 0 Å². The molecule has 1 N–H and O–H groups in total. The molecule has 1 saturated heterocycles. The Kier molecular flexibility index (Phi) is 4.88. The van der Waals surface area contributed by atoms with E-state index in [1.165, 1.54) is 0 Å². The van der Waals surface area contributed by atoms with Crippen molar-refractivity contribution in [1.29, 1.82) is 0 Å². The van der Waals surface area contributed by atoms with Crippen molar-refractivity contribution in [3.63, 3.8) is 0 Å². The predicted octanol–water partition coefficient (Wildman–Crippen LogP) is 2.12. The Morgan fingerprint density at radius 3 is 2.77 bits per heavy atom. The lowest BCUT2D eigenvalue weighted by Gasteiger charge is -2.23. The highest BCUT2D eigenvalue weighted by molar-refractivity contribution is 5.64. The van der Waals surface area contributed by atoms with Crippen LogP contribution in [0.3, 0.4) is 0 Å². The zero-order valence-corrected chi connectivity index (χ0v) is 12.6. The lowest BCUT2D eigenvalue weighted by molar-refractivity contribution is 0.000136. The topological polar surface area (TPSA) is 52.6 Å². The third kappa shape index (κ3) is 3.75. The predicted molar refractivity (Wildman–Crippen MR) is 84.3 cm³/mol. The summed E-state index contributed by atoms with van der Waals surface area (Å²) in [5.41, 5.74) is 2.09. The van der Waals surface area contributed by atoms with Gasteiger partial charge in [-0.3, -0.25) is 4.98 Å². The van der Waals surface area contributed by atoms with Crippen LogP contribution < -0.4 is 14.8 Å². The maximum absolute atomic E-state index is 5.80. The van der Waals surface area contributed by atoms with Crippen molar-refractivity contribution < 1.29 is 14.2 Å². The van der Waals surface area contributed by atoms with Crippen LogP contribution in [0.25, 0.3) is 11.1 Å². The van der Waals surface area contributed by atoms with Gasteiger partial charge >= 0.3 is 0 Å². The fourth-order valence-corrected chi connectivity index (χ4v) is 2.36. The summed E-state index contributed by atoms with van der Waals surface area (Å²) >= 11 is 0. The van der Waals surface area contributed by atoms with Gasteiger partial charge in [0.05, 0.1) is 19.9 Å². The molecule has 1 aliphatic heterocycles. The van der Waals surface area contributed by atoms with Crippen LogP contribution in [0.5, 0.6) is 11.5 Å². The van der Waals surface area contributed by atoms with Gasteiger partial charge in [0, 0.05) is 24.8 Å². The number of ether oxygens (including phenoxy) is 3. The van der Waals surface area contributed by atoms with Crippen LogP contribution in [-0.2, 0) is 4.74 Å². The van der Waals surface area contributed by atoms with Gasteiger partial charge in [0.1, 0.15) is 24.2 Å². The third-order valence-corrected chi connectivity index (χ3v) is 3.58. The van der Waals surface area contributed by atoms with Crippen LogP contribution >= 0.6 is 0 Å². The van der Waals surface area contributed by atoms with E-state index >= 15 is 0 Å². The molecule has 5 heteroatoms. The van der Waals surface area contributed by atoms with Crippen LogP contribution in [0.4, 0.5) is 0 Å². The minimum Gasteiger partial charge on any atom is -0.497 e. The molecule has 116 valence electrons. The van der Waals surface area contributed by atoms with E-state index in [1.54, 1.807) is 13.3 Å². The van der Waals surface area contributed by atoms with Crippen LogP contribution in [0.1, 0.15) is 0 Å². The van der Waals surface area contributed by atoms with E-state index in [2.05, 4.69) is 10.3 Å². The average Bonchev–Trinajstić information content (AvgIpc) is 2.61. The highest BCUT2D eigenvalue weighted by atomic mass is 16.5. The molecule has 2 heterocycles. The van der Waals surface area contributed by atoms with Crippen molar-refractivity contribution in [2.75, 3.05) is 33.4 Å². The Balaban J connectivity index is 1.66. The Morgan fingerprint density at radius 2 is 2.05 bits per heavy atom. The molecule has 1 unspecified atom stereocenters. The number of rotatable bonds is 5. The summed E-state index contributed by atoms with van der Waals surface area (Å²) in [5, 5.41) is 3.29. The van der Waals surface area contributed by atoms with Gasteiger partial charge in [0.25, 0.3) is 0 Å². The molecule has 0 saturated carbocycles.